The summed E-state index contributed by atoms with van der Waals surface area (Å²) in [4.78, 5) is 14.9. The molecule has 0 fully saturated rings. The molecule has 4 heteroatoms. The van der Waals surface area contributed by atoms with E-state index in [9.17, 15) is 4.79 Å². The smallest absolute Gasteiger partial charge is 0.251 e. The highest BCUT2D eigenvalue weighted by atomic mass is 35.5. The zero-order valence-electron chi connectivity index (χ0n) is 14.5. The lowest BCUT2D eigenvalue weighted by molar-refractivity contribution is 0.0951. The molecule has 2 aromatic rings. The van der Waals surface area contributed by atoms with Crippen molar-refractivity contribution < 1.29 is 4.79 Å². The van der Waals surface area contributed by atoms with Gasteiger partial charge < -0.3 is 10.2 Å². The predicted molar refractivity (Wildman–Crippen MR) is 105 cm³/mol. The summed E-state index contributed by atoms with van der Waals surface area (Å²) in [5.41, 5.74) is 5.73. The number of allylic oxidation sites excluding steroid dienone is 3. The molecule has 1 aliphatic carbocycles. The van der Waals surface area contributed by atoms with Crippen molar-refractivity contribution in [1.29, 1.82) is 0 Å². The number of nitrogens with zero attached hydrogens (tertiary/aromatic N) is 1. The fourth-order valence-corrected chi connectivity index (χ4v) is 3.53. The molecule has 132 valence electrons. The first-order valence-electron chi connectivity index (χ1n) is 8.97. The molecule has 0 radical (unpaired) electrons. The average molecular weight is 365 g/mol. The Labute approximate surface area is 159 Å². The lowest BCUT2D eigenvalue weighted by atomic mass is 10.00. The fraction of sp³-hybridized carbons (Fsp3) is 0.227. The number of nitrogens with one attached hydrogen (secondary N) is 1. The van der Waals surface area contributed by atoms with Crippen molar-refractivity contribution >= 4 is 17.5 Å². The fourth-order valence-electron chi connectivity index (χ4n) is 3.40. The highest BCUT2D eigenvalue weighted by molar-refractivity contribution is 6.30. The van der Waals surface area contributed by atoms with Crippen LogP contribution in [0.25, 0.3) is 0 Å². The van der Waals surface area contributed by atoms with Crippen molar-refractivity contribution in [2.75, 3.05) is 13.1 Å². The van der Waals surface area contributed by atoms with Gasteiger partial charge in [0.15, 0.2) is 0 Å². The van der Waals surface area contributed by atoms with Crippen molar-refractivity contribution in [2.24, 2.45) is 0 Å². The zero-order chi connectivity index (χ0) is 17.9. The third-order valence-corrected chi connectivity index (χ3v) is 5.29. The summed E-state index contributed by atoms with van der Waals surface area (Å²) in [7, 11) is 0. The van der Waals surface area contributed by atoms with Crippen LogP contribution in [0.4, 0.5) is 0 Å². The van der Waals surface area contributed by atoms with Crippen molar-refractivity contribution in [3.8, 4) is 0 Å². The Morgan fingerprint density at radius 2 is 1.77 bits per heavy atom. The van der Waals surface area contributed by atoms with Gasteiger partial charge in [-0.05, 0) is 65.9 Å². The van der Waals surface area contributed by atoms with Crippen LogP contribution in [-0.2, 0) is 19.4 Å². The van der Waals surface area contributed by atoms with Gasteiger partial charge in [0, 0.05) is 35.9 Å². The second-order valence-electron chi connectivity index (χ2n) is 6.73. The zero-order valence-corrected chi connectivity index (χ0v) is 15.3. The second kappa shape index (κ2) is 7.38. The number of fused-ring (bicyclic) bond motifs is 1. The molecular formula is C22H21ClN2O. The van der Waals surface area contributed by atoms with Gasteiger partial charge in [0.2, 0.25) is 0 Å². The molecule has 0 bridgehead atoms. The number of hydrogen-bond acceptors (Lipinski definition) is 2. The monoisotopic (exact) mass is 364 g/mol. The van der Waals surface area contributed by atoms with E-state index in [0.717, 1.165) is 37.1 Å². The topological polar surface area (TPSA) is 32.3 Å². The maximum absolute atomic E-state index is 12.5. The molecule has 26 heavy (non-hydrogen) atoms. The van der Waals surface area contributed by atoms with E-state index < -0.39 is 0 Å². The molecule has 2 aliphatic rings. The van der Waals surface area contributed by atoms with Crippen LogP contribution >= 0.6 is 11.6 Å². The lowest BCUT2D eigenvalue weighted by Crippen LogP contribution is -2.26. The maximum atomic E-state index is 12.5. The highest BCUT2D eigenvalue weighted by Crippen LogP contribution is 2.22. The van der Waals surface area contributed by atoms with Gasteiger partial charge in [-0.3, -0.25) is 4.79 Å². The molecule has 3 nitrogen and oxygen atoms in total. The van der Waals surface area contributed by atoms with Gasteiger partial charge in [0.1, 0.15) is 0 Å². The molecular weight excluding hydrogens is 344 g/mol. The second-order valence-corrected chi connectivity index (χ2v) is 7.17. The molecule has 0 unspecified atom stereocenters. The lowest BCUT2D eigenvalue weighted by Gasteiger charge is -2.26. The summed E-state index contributed by atoms with van der Waals surface area (Å²) >= 11 is 5.90. The molecule has 1 amide bonds. The Morgan fingerprint density at radius 1 is 1.04 bits per heavy atom. The van der Waals surface area contributed by atoms with E-state index in [2.05, 4.69) is 40.6 Å². The van der Waals surface area contributed by atoms with Crippen LogP contribution in [0.1, 0.15) is 27.0 Å². The van der Waals surface area contributed by atoms with Gasteiger partial charge in [-0.15, -0.1) is 0 Å². The molecule has 1 heterocycles. The number of hydrogen-bond donors (Lipinski definition) is 1. The standard InChI is InChI=1S/C22H21ClN2O/c23-20-8-4-16(5-9-20)15-24-22(26)19-7-6-17-10-12-25(21-2-1-3-21)13-11-18(17)14-19/h1-9,14H,10-13,15H2,(H,24,26). The van der Waals surface area contributed by atoms with Gasteiger partial charge in [0.25, 0.3) is 5.91 Å². The molecule has 0 spiro atoms. The normalized spacial score (nSPS) is 15.6. The van der Waals surface area contributed by atoms with E-state index in [-0.39, 0.29) is 5.91 Å². The highest BCUT2D eigenvalue weighted by Gasteiger charge is 2.17. The molecule has 2 aromatic carbocycles. The Morgan fingerprint density at radius 3 is 2.46 bits per heavy atom. The van der Waals surface area contributed by atoms with Crippen molar-refractivity contribution in [2.45, 2.75) is 19.4 Å². The van der Waals surface area contributed by atoms with Crippen LogP contribution in [-0.4, -0.2) is 23.9 Å². The molecule has 0 aromatic heterocycles. The number of halogens is 1. The van der Waals surface area contributed by atoms with Crippen molar-refractivity contribution in [3.05, 3.63) is 93.7 Å². The van der Waals surface area contributed by atoms with Crippen LogP contribution in [0.5, 0.6) is 0 Å². The van der Waals surface area contributed by atoms with Crippen LogP contribution in [0.2, 0.25) is 5.02 Å². The maximum Gasteiger partial charge on any atom is 0.251 e. The number of benzene rings is 2. The van der Waals surface area contributed by atoms with Gasteiger partial charge in [-0.1, -0.05) is 35.9 Å². The molecule has 4 rings (SSSR count). The van der Waals surface area contributed by atoms with Crippen molar-refractivity contribution in [1.82, 2.24) is 10.2 Å². The Bertz CT molecular complexity index is 884. The minimum Gasteiger partial charge on any atom is -0.371 e. The number of amides is 1. The van der Waals surface area contributed by atoms with Crippen LogP contribution in [0, 0.1) is 0 Å². The van der Waals surface area contributed by atoms with E-state index in [4.69, 9.17) is 11.6 Å². The minimum atomic E-state index is -0.0338. The number of carbonyl (C=O) groups excluding carboxylic acids is 1. The van der Waals surface area contributed by atoms with Crippen LogP contribution < -0.4 is 5.32 Å². The Kier molecular flexibility index (Phi) is 4.81. The van der Waals surface area contributed by atoms with E-state index in [1.54, 1.807) is 0 Å². The summed E-state index contributed by atoms with van der Waals surface area (Å²) in [6, 6.07) is 13.6. The summed E-state index contributed by atoms with van der Waals surface area (Å²) in [5, 5.41) is 3.69. The first-order valence-corrected chi connectivity index (χ1v) is 9.34. The molecule has 0 saturated carbocycles. The molecule has 1 N–H and O–H groups in total. The third kappa shape index (κ3) is 3.68. The van der Waals surface area contributed by atoms with E-state index in [1.165, 1.54) is 16.8 Å². The van der Waals surface area contributed by atoms with Gasteiger partial charge in [-0.2, -0.15) is 0 Å². The summed E-state index contributed by atoms with van der Waals surface area (Å²) in [6.45, 7) is 2.53. The van der Waals surface area contributed by atoms with Gasteiger partial charge in [-0.25, -0.2) is 0 Å². The van der Waals surface area contributed by atoms with Crippen LogP contribution in [0.15, 0.2) is 66.4 Å². The van der Waals surface area contributed by atoms with Gasteiger partial charge >= 0.3 is 0 Å². The van der Waals surface area contributed by atoms with E-state index >= 15 is 0 Å². The quantitative estimate of drug-likeness (QED) is 0.884. The largest absolute Gasteiger partial charge is 0.371 e. The first kappa shape index (κ1) is 16.9. The molecule has 0 saturated heterocycles. The number of rotatable bonds is 4. The summed E-state index contributed by atoms with van der Waals surface area (Å²) in [5.74, 6) is -0.0338. The van der Waals surface area contributed by atoms with E-state index in [0.29, 0.717) is 11.6 Å². The predicted octanol–water partition coefficient (Wildman–Crippen LogP) is 4.12. The van der Waals surface area contributed by atoms with Crippen molar-refractivity contribution in [3.63, 3.8) is 0 Å². The van der Waals surface area contributed by atoms with E-state index in [1.807, 2.05) is 30.3 Å². The summed E-state index contributed by atoms with van der Waals surface area (Å²) in [6.07, 6.45) is 8.39. The molecule has 1 aliphatic heterocycles. The minimum absolute atomic E-state index is 0.0338. The summed E-state index contributed by atoms with van der Waals surface area (Å²) < 4.78 is 0. The van der Waals surface area contributed by atoms with Crippen LogP contribution in [0.3, 0.4) is 0 Å². The Hall–Kier alpha value is -2.52. The Balaban J connectivity index is 1.41. The molecule has 0 atom stereocenters. The van der Waals surface area contributed by atoms with Gasteiger partial charge in [0.05, 0.1) is 0 Å². The number of carbonyl (C=O) groups is 1. The third-order valence-electron chi connectivity index (χ3n) is 5.04. The first-order chi connectivity index (χ1) is 12.7. The average Bonchev–Trinajstić information content (AvgIpc) is 2.82. The SMILES string of the molecule is O=C(NCc1ccc(Cl)cc1)c1ccc2c(c1)CCN(C1=CC=C1)CC2.